The van der Waals surface area contributed by atoms with E-state index in [2.05, 4.69) is 49.1 Å². The molecule has 0 atom stereocenters. The molecule has 3 heteroatoms. The first-order chi connectivity index (χ1) is 8.09. The highest BCUT2D eigenvalue weighted by Gasteiger charge is 2.04. The number of hydrogen-bond donors (Lipinski definition) is 2. The van der Waals surface area contributed by atoms with Gasteiger partial charge in [0.1, 0.15) is 0 Å². The molecule has 2 N–H and O–H groups in total. The Bertz CT molecular complexity index is 276. The Balaban J connectivity index is 2.32. The van der Waals surface area contributed by atoms with Gasteiger partial charge in [-0.25, -0.2) is 0 Å². The number of hydrogen-bond acceptors (Lipinski definition) is 3. The fraction of sp³-hybridized carbons (Fsp3) is 0.714. The summed E-state index contributed by atoms with van der Waals surface area (Å²) in [6.07, 6.45) is 0. The van der Waals surface area contributed by atoms with Crippen molar-refractivity contribution >= 4 is 11.3 Å². The lowest BCUT2D eigenvalue weighted by Crippen LogP contribution is -2.22. The van der Waals surface area contributed by atoms with E-state index in [0.717, 1.165) is 38.0 Å². The minimum atomic E-state index is 0.719. The maximum Gasteiger partial charge on any atom is 0.0217 e. The Morgan fingerprint density at radius 2 is 1.29 bits per heavy atom. The Labute approximate surface area is 110 Å². The summed E-state index contributed by atoms with van der Waals surface area (Å²) < 4.78 is 0. The Hall–Kier alpha value is -0.380. The summed E-state index contributed by atoms with van der Waals surface area (Å²) in [7, 11) is 0. The van der Waals surface area contributed by atoms with Gasteiger partial charge in [0.15, 0.2) is 0 Å². The third kappa shape index (κ3) is 6.20. The van der Waals surface area contributed by atoms with Crippen LogP contribution in [0.3, 0.4) is 0 Å². The van der Waals surface area contributed by atoms with Gasteiger partial charge in [0.2, 0.25) is 0 Å². The molecular formula is C14H26N2S. The van der Waals surface area contributed by atoms with E-state index in [1.807, 2.05) is 0 Å². The van der Waals surface area contributed by atoms with E-state index < -0.39 is 0 Å². The van der Waals surface area contributed by atoms with Crippen LogP contribution in [0, 0.1) is 11.8 Å². The highest BCUT2D eigenvalue weighted by atomic mass is 32.1. The molecule has 0 bridgehead atoms. The first-order valence-electron chi connectivity index (χ1n) is 6.55. The molecule has 17 heavy (non-hydrogen) atoms. The summed E-state index contributed by atoms with van der Waals surface area (Å²) in [6.45, 7) is 13.2. The van der Waals surface area contributed by atoms with Crippen LogP contribution in [0.5, 0.6) is 0 Å². The first-order valence-corrected chi connectivity index (χ1v) is 7.49. The summed E-state index contributed by atoms with van der Waals surface area (Å²) in [5.74, 6) is 1.44. The van der Waals surface area contributed by atoms with E-state index >= 15 is 0 Å². The average molecular weight is 254 g/mol. The molecule has 1 heterocycles. The molecule has 1 rings (SSSR count). The summed E-state index contributed by atoms with van der Waals surface area (Å²) in [5, 5.41) is 11.5. The largest absolute Gasteiger partial charge is 0.312 e. The van der Waals surface area contributed by atoms with Gasteiger partial charge >= 0.3 is 0 Å². The van der Waals surface area contributed by atoms with Gasteiger partial charge in [0.05, 0.1) is 0 Å². The fourth-order valence-electron chi connectivity index (χ4n) is 1.65. The van der Waals surface area contributed by atoms with Crippen molar-refractivity contribution in [3.63, 3.8) is 0 Å². The summed E-state index contributed by atoms with van der Waals surface area (Å²) in [6, 6.07) is 0. The third-order valence-corrected chi connectivity index (χ3v) is 3.41. The van der Waals surface area contributed by atoms with Crippen LogP contribution in [0.1, 0.15) is 38.8 Å². The molecule has 98 valence electrons. The second-order valence-electron chi connectivity index (χ2n) is 5.47. The Kier molecular flexibility index (Phi) is 6.78. The number of thiophene rings is 1. The molecule has 0 amide bonds. The maximum atomic E-state index is 3.51. The van der Waals surface area contributed by atoms with Crippen LogP contribution >= 0.6 is 11.3 Å². The van der Waals surface area contributed by atoms with Gasteiger partial charge in [-0.1, -0.05) is 27.7 Å². The van der Waals surface area contributed by atoms with Crippen LogP contribution in [0.2, 0.25) is 0 Å². The number of rotatable bonds is 8. The molecule has 0 aliphatic heterocycles. The van der Waals surface area contributed by atoms with E-state index in [4.69, 9.17) is 0 Å². The molecule has 1 aromatic heterocycles. The zero-order chi connectivity index (χ0) is 12.7. The molecule has 0 aromatic carbocycles. The van der Waals surface area contributed by atoms with Crippen LogP contribution in [0.25, 0.3) is 0 Å². The van der Waals surface area contributed by atoms with Crippen molar-refractivity contribution in [2.45, 2.75) is 40.8 Å². The predicted octanol–water partition coefficient (Wildman–Crippen LogP) is 3.24. The molecular weight excluding hydrogens is 228 g/mol. The zero-order valence-corrected chi connectivity index (χ0v) is 12.4. The normalized spacial score (nSPS) is 11.6. The predicted molar refractivity (Wildman–Crippen MR) is 77.4 cm³/mol. The molecule has 0 unspecified atom stereocenters. The van der Waals surface area contributed by atoms with E-state index in [0.29, 0.717) is 0 Å². The van der Waals surface area contributed by atoms with Gasteiger partial charge in [0, 0.05) is 13.1 Å². The second kappa shape index (κ2) is 7.85. The van der Waals surface area contributed by atoms with Crippen molar-refractivity contribution in [3.05, 3.63) is 21.9 Å². The van der Waals surface area contributed by atoms with Crippen LogP contribution < -0.4 is 10.6 Å². The lowest BCUT2D eigenvalue weighted by Gasteiger charge is -2.10. The minimum absolute atomic E-state index is 0.719. The molecule has 0 fully saturated rings. The molecule has 0 radical (unpaired) electrons. The van der Waals surface area contributed by atoms with Gasteiger partial charge < -0.3 is 10.6 Å². The summed E-state index contributed by atoms with van der Waals surface area (Å²) in [4.78, 5) is 0. The monoisotopic (exact) mass is 254 g/mol. The van der Waals surface area contributed by atoms with E-state index in [9.17, 15) is 0 Å². The zero-order valence-electron chi connectivity index (χ0n) is 11.5. The molecule has 2 nitrogen and oxygen atoms in total. The molecule has 0 aliphatic rings. The third-order valence-electron chi connectivity index (χ3n) is 2.57. The van der Waals surface area contributed by atoms with Crippen molar-refractivity contribution in [3.8, 4) is 0 Å². The maximum absolute atomic E-state index is 3.51. The van der Waals surface area contributed by atoms with Crippen LogP contribution in [0.15, 0.2) is 10.8 Å². The van der Waals surface area contributed by atoms with Gasteiger partial charge in [0.25, 0.3) is 0 Å². The quantitative estimate of drug-likeness (QED) is 0.744. The Morgan fingerprint density at radius 1 is 0.882 bits per heavy atom. The summed E-state index contributed by atoms with van der Waals surface area (Å²) >= 11 is 1.80. The molecule has 0 spiro atoms. The standard InChI is InChI=1S/C14H26N2S/c1-11(2)5-15-7-13-9-17-10-14(13)8-16-6-12(3)4/h9-12,15-16H,5-8H2,1-4H3. The summed E-state index contributed by atoms with van der Waals surface area (Å²) in [5.41, 5.74) is 2.90. The van der Waals surface area contributed by atoms with Crippen LogP contribution in [-0.2, 0) is 13.1 Å². The van der Waals surface area contributed by atoms with Crippen LogP contribution in [-0.4, -0.2) is 13.1 Å². The van der Waals surface area contributed by atoms with Crippen molar-refractivity contribution < 1.29 is 0 Å². The molecule has 0 saturated heterocycles. The smallest absolute Gasteiger partial charge is 0.0217 e. The highest BCUT2D eigenvalue weighted by Crippen LogP contribution is 2.15. The van der Waals surface area contributed by atoms with Gasteiger partial charge in [-0.2, -0.15) is 11.3 Å². The lowest BCUT2D eigenvalue weighted by atomic mass is 10.1. The van der Waals surface area contributed by atoms with Crippen LogP contribution in [0.4, 0.5) is 0 Å². The van der Waals surface area contributed by atoms with E-state index in [1.54, 1.807) is 11.3 Å². The van der Waals surface area contributed by atoms with Crippen molar-refractivity contribution in [1.29, 1.82) is 0 Å². The van der Waals surface area contributed by atoms with Gasteiger partial charge in [-0.15, -0.1) is 0 Å². The van der Waals surface area contributed by atoms with Gasteiger partial charge in [-0.05, 0) is 46.8 Å². The van der Waals surface area contributed by atoms with Crippen molar-refractivity contribution in [2.24, 2.45) is 11.8 Å². The topological polar surface area (TPSA) is 24.1 Å². The molecule has 0 aliphatic carbocycles. The highest BCUT2D eigenvalue weighted by molar-refractivity contribution is 7.08. The Morgan fingerprint density at radius 3 is 1.65 bits per heavy atom. The second-order valence-corrected chi connectivity index (χ2v) is 6.22. The lowest BCUT2D eigenvalue weighted by molar-refractivity contribution is 0.540. The van der Waals surface area contributed by atoms with E-state index in [1.165, 1.54) is 11.1 Å². The number of nitrogens with one attached hydrogen (secondary N) is 2. The fourth-order valence-corrected chi connectivity index (χ4v) is 2.52. The first kappa shape index (κ1) is 14.7. The average Bonchev–Trinajstić information content (AvgIpc) is 2.65. The van der Waals surface area contributed by atoms with Crippen molar-refractivity contribution in [2.75, 3.05) is 13.1 Å². The van der Waals surface area contributed by atoms with Gasteiger partial charge in [-0.3, -0.25) is 0 Å². The SMILES string of the molecule is CC(C)CNCc1cscc1CNCC(C)C. The van der Waals surface area contributed by atoms with E-state index in [-0.39, 0.29) is 0 Å². The molecule has 0 saturated carbocycles. The molecule has 1 aromatic rings. The minimum Gasteiger partial charge on any atom is -0.312 e. The van der Waals surface area contributed by atoms with Crippen molar-refractivity contribution in [1.82, 2.24) is 10.6 Å².